The molecule has 0 radical (unpaired) electrons. The van der Waals surface area contributed by atoms with Crippen LogP contribution in [0.25, 0.3) is 0 Å². The van der Waals surface area contributed by atoms with Gasteiger partial charge in [-0.1, -0.05) is 13.8 Å². The van der Waals surface area contributed by atoms with E-state index < -0.39 is 0 Å². The fraction of sp³-hybridized carbons (Fsp3) is 0.529. The minimum atomic E-state index is -0.381. The van der Waals surface area contributed by atoms with Crippen molar-refractivity contribution in [1.29, 1.82) is 0 Å². The Labute approximate surface area is 149 Å². The second-order valence-electron chi connectivity index (χ2n) is 5.61. The molecule has 0 unspecified atom stereocenters. The Balaban J connectivity index is 0.00000529. The van der Waals surface area contributed by atoms with E-state index in [9.17, 15) is 14.0 Å². The van der Waals surface area contributed by atoms with Crippen molar-refractivity contribution in [3.63, 3.8) is 0 Å². The summed E-state index contributed by atoms with van der Waals surface area (Å²) in [7, 11) is 0. The molecule has 7 heteroatoms. The zero-order valence-electron chi connectivity index (χ0n) is 14.2. The Morgan fingerprint density at radius 3 is 2.25 bits per heavy atom. The molecule has 0 bridgehead atoms. The molecule has 4 N–H and O–H groups in total. The van der Waals surface area contributed by atoms with Crippen LogP contribution >= 0.6 is 12.4 Å². The summed E-state index contributed by atoms with van der Waals surface area (Å²) in [6, 6.07) is 5.33. The van der Waals surface area contributed by atoms with Gasteiger partial charge in [-0.2, -0.15) is 0 Å². The fourth-order valence-corrected chi connectivity index (χ4v) is 2.28. The van der Waals surface area contributed by atoms with Crippen LogP contribution in [-0.4, -0.2) is 30.4 Å². The van der Waals surface area contributed by atoms with E-state index in [1.165, 1.54) is 24.3 Å². The van der Waals surface area contributed by atoms with Crippen LogP contribution < -0.4 is 16.4 Å². The molecular formula is C17H27ClFN3O2. The van der Waals surface area contributed by atoms with Gasteiger partial charge in [-0.15, -0.1) is 12.4 Å². The first kappa shape index (κ1) is 22.3. The zero-order chi connectivity index (χ0) is 17.3. The van der Waals surface area contributed by atoms with Crippen molar-refractivity contribution in [2.45, 2.75) is 45.1 Å². The Hall–Kier alpha value is -1.66. The lowest BCUT2D eigenvalue weighted by Gasteiger charge is -2.31. The second-order valence-corrected chi connectivity index (χ2v) is 5.61. The zero-order valence-corrected chi connectivity index (χ0v) is 15.0. The van der Waals surface area contributed by atoms with Gasteiger partial charge in [-0.25, -0.2) is 4.39 Å². The molecular weight excluding hydrogens is 333 g/mol. The molecule has 0 aromatic heterocycles. The molecule has 1 aromatic carbocycles. The molecule has 2 amide bonds. The number of halogens is 2. The molecule has 1 aromatic rings. The number of benzene rings is 1. The van der Waals surface area contributed by atoms with Crippen molar-refractivity contribution in [3.05, 3.63) is 35.6 Å². The van der Waals surface area contributed by atoms with Crippen molar-refractivity contribution in [3.8, 4) is 0 Å². The van der Waals surface area contributed by atoms with E-state index in [0.29, 0.717) is 31.5 Å². The van der Waals surface area contributed by atoms with E-state index >= 15 is 0 Å². The standard InChI is InChI=1S/C17H26FN3O2.ClH/c1-3-17(4-2,12-19)21-15(22)6-5-11-20-16(23)13-7-9-14(18)10-8-13;/h7-10H,3-6,11-12,19H2,1-2H3,(H,20,23)(H,21,22);1H. The Kier molecular flexibility index (Phi) is 10.2. The highest BCUT2D eigenvalue weighted by Crippen LogP contribution is 2.13. The van der Waals surface area contributed by atoms with Gasteiger partial charge in [0.15, 0.2) is 0 Å². The quantitative estimate of drug-likeness (QED) is 0.592. The summed E-state index contributed by atoms with van der Waals surface area (Å²) < 4.78 is 12.8. The minimum Gasteiger partial charge on any atom is -0.352 e. The van der Waals surface area contributed by atoms with Gasteiger partial charge in [0.2, 0.25) is 5.91 Å². The molecule has 0 aliphatic carbocycles. The van der Waals surface area contributed by atoms with Crippen LogP contribution in [0.4, 0.5) is 4.39 Å². The van der Waals surface area contributed by atoms with E-state index in [-0.39, 0.29) is 35.6 Å². The van der Waals surface area contributed by atoms with Crippen molar-refractivity contribution in [1.82, 2.24) is 10.6 Å². The van der Waals surface area contributed by atoms with E-state index in [2.05, 4.69) is 10.6 Å². The first-order valence-electron chi connectivity index (χ1n) is 8.01. The smallest absolute Gasteiger partial charge is 0.251 e. The molecule has 0 saturated heterocycles. The molecule has 0 aliphatic rings. The van der Waals surface area contributed by atoms with Crippen LogP contribution in [-0.2, 0) is 4.79 Å². The summed E-state index contributed by atoms with van der Waals surface area (Å²) in [5.41, 5.74) is 5.81. The summed E-state index contributed by atoms with van der Waals surface area (Å²) in [6.07, 6.45) is 2.43. The maximum absolute atomic E-state index is 12.8. The number of hydrogen-bond acceptors (Lipinski definition) is 3. The fourth-order valence-electron chi connectivity index (χ4n) is 2.28. The predicted octanol–water partition coefficient (Wildman–Crippen LogP) is 2.39. The molecule has 0 atom stereocenters. The van der Waals surface area contributed by atoms with Gasteiger partial charge in [-0.3, -0.25) is 9.59 Å². The highest BCUT2D eigenvalue weighted by molar-refractivity contribution is 5.94. The van der Waals surface area contributed by atoms with Crippen LogP contribution in [0.1, 0.15) is 49.9 Å². The van der Waals surface area contributed by atoms with Crippen LogP contribution in [0.5, 0.6) is 0 Å². The lowest BCUT2D eigenvalue weighted by molar-refractivity contribution is -0.123. The largest absolute Gasteiger partial charge is 0.352 e. The van der Waals surface area contributed by atoms with Crippen molar-refractivity contribution in [2.24, 2.45) is 5.73 Å². The molecule has 136 valence electrons. The normalized spacial score (nSPS) is 10.7. The average Bonchev–Trinajstić information content (AvgIpc) is 2.57. The van der Waals surface area contributed by atoms with Crippen LogP contribution in [0.15, 0.2) is 24.3 Å². The second kappa shape index (κ2) is 11.0. The number of nitrogens with one attached hydrogen (secondary N) is 2. The molecule has 0 aliphatic heterocycles. The lowest BCUT2D eigenvalue weighted by atomic mass is 9.92. The number of nitrogens with two attached hydrogens (primary N) is 1. The summed E-state index contributed by atoms with van der Waals surface area (Å²) in [5.74, 6) is -0.715. The first-order valence-corrected chi connectivity index (χ1v) is 8.01. The number of hydrogen-bond donors (Lipinski definition) is 3. The first-order chi connectivity index (χ1) is 11.0. The average molecular weight is 360 g/mol. The number of rotatable bonds is 9. The Morgan fingerprint density at radius 1 is 1.17 bits per heavy atom. The third-order valence-corrected chi connectivity index (χ3v) is 4.12. The Morgan fingerprint density at radius 2 is 1.75 bits per heavy atom. The summed E-state index contributed by atoms with van der Waals surface area (Å²) in [6.45, 7) is 4.80. The summed E-state index contributed by atoms with van der Waals surface area (Å²) in [4.78, 5) is 23.8. The maximum atomic E-state index is 12.8. The van der Waals surface area contributed by atoms with E-state index in [0.717, 1.165) is 12.8 Å². The Bertz CT molecular complexity index is 511. The van der Waals surface area contributed by atoms with Crippen LogP contribution in [0.3, 0.4) is 0 Å². The third-order valence-electron chi connectivity index (χ3n) is 4.12. The summed E-state index contributed by atoms with van der Waals surface area (Å²) >= 11 is 0. The van der Waals surface area contributed by atoms with Gasteiger partial charge in [0.1, 0.15) is 5.82 Å². The van der Waals surface area contributed by atoms with Gasteiger partial charge in [-0.05, 0) is 43.5 Å². The summed E-state index contributed by atoms with van der Waals surface area (Å²) in [5, 5.41) is 5.70. The topological polar surface area (TPSA) is 84.2 Å². The van der Waals surface area contributed by atoms with Crippen LogP contribution in [0.2, 0.25) is 0 Å². The molecule has 0 saturated carbocycles. The van der Waals surface area contributed by atoms with Gasteiger partial charge >= 0.3 is 0 Å². The van der Waals surface area contributed by atoms with E-state index in [1.54, 1.807) is 0 Å². The molecule has 24 heavy (non-hydrogen) atoms. The highest BCUT2D eigenvalue weighted by atomic mass is 35.5. The molecule has 0 heterocycles. The third kappa shape index (κ3) is 6.84. The molecule has 1 rings (SSSR count). The monoisotopic (exact) mass is 359 g/mol. The predicted molar refractivity (Wildman–Crippen MR) is 95.7 cm³/mol. The number of carbonyl (C=O) groups is 2. The van der Waals surface area contributed by atoms with Gasteiger partial charge < -0.3 is 16.4 Å². The van der Waals surface area contributed by atoms with Crippen molar-refractivity contribution >= 4 is 24.2 Å². The highest BCUT2D eigenvalue weighted by Gasteiger charge is 2.25. The minimum absolute atomic E-state index is 0. The van der Waals surface area contributed by atoms with E-state index in [1.807, 2.05) is 13.8 Å². The number of carbonyl (C=O) groups excluding carboxylic acids is 2. The molecule has 0 fully saturated rings. The van der Waals surface area contributed by atoms with Crippen LogP contribution in [0, 0.1) is 5.82 Å². The number of amides is 2. The SMILES string of the molecule is CCC(CC)(CN)NC(=O)CCCNC(=O)c1ccc(F)cc1.Cl. The van der Waals surface area contributed by atoms with Gasteiger partial charge in [0.05, 0.1) is 5.54 Å². The van der Waals surface area contributed by atoms with Gasteiger partial charge in [0.25, 0.3) is 5.91 Å². The van der Waals surface area contributed by atoms with E-state index in [4.69, 9.17) is 5.73 Å². The molecule has 5 nitrogen and oxygen atoms in total. The van der Waals surface area contributed by atoms with Gasteiger partial charge in [0, 0.05) is 25.1 Å². The molecule has 0 spiro atoms. The van der Waals surface area contributed by atoms with Crippen molar-refractivity contribution < 1.29 is 14.0 Å². The van der Waals surface area contributed by atoms with Crippen molar-refractivity contribution in [2.75, 3.05) is 13.1 Å². The maximum Gasteiger partial charge on any atom is 0.251 e. The lowest BCUT2D eigenvalue weighted by Crippen LogP contribution is -2.52.